The van der Waals surface area contributed by atoms with E-state index in [0.717, 1.165) is 44.6 Å². The predicted octanol–water partition coefficient (Wildman–Crippen LogP) is 8.81. The summed E-state index contributed by atoms with van der Waals surface area (Å²) in [4.78, 5) is 9.51. The van der Waals surface area contributed by atoms with Crippen LogP contribution in [0.15, 0.2) is 132 Å². The number of benzene rings is 5. The van der Waals surface area contributed by atoms with E-state index in [1.807, 2.05) is 24.3 Å². The lowest BCUT2D eigenvalue weighted by atomic mass is 10.00. The number of fused-ring (bicyclic) bond motifs is 6. The summed E-state index contributed by atoms with van der Waals surface area (Å²) in [6.45, 7) is 0. The van der Waals surface area contributed by atoms with E-state index in [2.05, 4.69) is 107 Å². The van der Waals surface area contributed by atoms with Crippen LogP contribution in [0.2, 0.25) is 0 Å². The fourth-order valence-electron chi connectivity index (χ4n) is 5.49. The Bertz CT molecular complexity index is 2140. The maximum absolute atomic E-state index is 5.87. The van der Waals surface area contributed by atoms with Crippen LogP contribution in [0.4, 0.5) is 0 Å². The van der Waals surface area contributed by atoms with Gasteiger partial charge < -0.3 is 8.98 Å². The summed E-state index contributed by atoms with van der Waals surface area (Å²) >= 11 is 0. The molecule has 4 heteroatoms. The van der Waals surface area contributed by atoms with Crippen LogP contribution >= 0.6 is 0 Å². The van der Waals surface area contributed by atoms with E-state index in [0.29, 0.717) is 5.71 Å². The Kier molecular flexibility index (Phi) is 4.49. The standard InChI is InChI=1S/C34H21N3O/c1-2-11-25(12-3-1)37-30-15-6-4-13-26(30)28-20-23(17-18-31(28)37)22-9-8-10-24(19-22)29-21-35-34-33(36-29)27-14-5-7-16-32(27)38-34/h1-21H. The highest BCUT2D eigenvalue weighted by Crippen LogP contribution is 2.36. The van der Waals surface area contributed by atoms with E-state index >= 15 is 0 Å². The van der Waals surface area contributed by atoms with E-state index < -0.39 is 0 Å². The Morgan fingerprint density at radius 3 is 2.21 bits per heavy atom. The molecule has 0 aliphatic carbocycles. The van der Waals surface area contributed by atoms with Crippen molar-refractivity contribution in [3.8, 4) is 28.1 Å². The maximum atomic E-state index is 5.87. The molecule has 0 saturated heterocycles. The third-order valence-corrected chi connectivity index (χ3v) is 7.27. The molecule has 0 fully saturated rings. The summed E-state index contributed by atoms with van der Waals surface area (Å²) in [5.41, 5.74) is 9.87. The van der Waals surface area contributed by atoms with Crippen molar-refractivity contribution in [1.82, 2.24) is 14.5 Å². The van der Waals surface area contributed by atoms with Gasteiger partial charge in [0.2, 0.25) is 5.71 Å². The van der Waals surface area contributed by atoms with Gasteiger partial charge in [0.15, 0.2) is 0 Å². The van der Waals surface area contributed by atoms with Crippen molar-refractivity contribution in [2.75, 3.05) is 0 Å². The van der Waals surface area contributed by atoms with Crippen molar-refractivity contribution in [3.63, 3.8) is 0 Å². The van der Waals surface area contributed by atoms with Crippen molar-refractivity contribution in [3.05, 3.63) is 128 Å². The van der Waals surface area contributed by atoms with Gasteiger partial charge in [-0.25, -0.2) is 9.97 Å². The Balaban J connectivity index is 1.27. The van der Waals surface area contributed by atoms with Crippen molar-refractivity contribution < 1.29 is 4.42 Å². The molecule has 3 aromatic heterocycles. The molecule has 8 aromatic rings. The summed E-state index contributed by atoms with van der Waals surface area (Å²) in [5.74, 6) is 0. The van der Waals surface area contributed by atoms with Gasteiger partial charge in [0.1, 0.15) is 11.1 Å². The zero-order valence-corrected chi connectivity index (χ0v) is 20.4. The number of hydrogen-bond donors (Lipinski definition) is 0. The zero-order valence-electron chi connectivity index (χ0n) is 20.4. The molecule has 8 rings (SSSR count). The number of hydrogen-bond acceptors (Lipinski definition) is 3. The Morgan fingerprint density at radius 2 is 1.29 bits per heavy atom. The van der Waals surface area contributed by atoms with Crippen LogP contribution in [0.1, 0.15) is 0 Å². The van der Waals surface area contributed by atoms with Gasteiger partial charge in [-0.1, -0.05) is 72.8 Å². The predicted molar refractivity (Wildman–Crippen MR) is 155 cm³/mol. The molecule has 0 aliphatic rings. The van der Waals surface area contributed by atoms with E-state index in [4.69, 9.17) is 9.40 Å². The van der Waals surface area contributed by atoms with Gasteiger partial charge in [0.25, 0.3) is 0 Å². The molecule has 0 N–H and O–H groups in total. The molecule has 5 aromatic carbocycles. The second-order valence-electron chi connectivity index (χ2n) is 9.51. The molecule has 0 bridgehead atoms. The Morgan fingerprint density at radius 1 is 0.553 bits per heavy atom. The fourth-order valence-corrected chi connectivity index (χ4v) is 5.49. The van der Waals surface area contributed by atoms with Crippen LogP contribution in [0, 0.1) is 0 Å². The van der Waals surface area contributed by atoms with Crippen LogP contribution in [0.5, 0.6) is 0 Å². The second-order valence-corrected chi connectivity index (χ2v) is 9.51. The summed E-state index contributed by atoms with van der Waals surface area (Å²) in [7, 11) is 0. The number of nitrogens with zero attached hydrogens (tertiary/aromatic N) is 3. The van der Waals surface area contributed by atoms with Crippen LogP contribution in [0.3, 0.4) is 0 Å². The summed E-state index contributed by atoms with van der Waals surface area (Å²) in [6.07, 6.45) is 1.79. The lowest BCUT2D eigenvalue weighted by molar-refractivity contribution is 0.653. The highest BCUT2D eigenvalue weighted by molar-refractivity contribution is 6.10. The number of rotatable bonds is 3. The Hall–Kier alpha value is -5.22. The maximum Gasteiger partial charge on any atom is 0.246 e. The minimum atomic E-state index is 0.561. The first-order valence-electron chi connectivity index (χ1n) is 12.7. The van der Waals surface area contributed by atoms with Gasteiger partial charge in [0, 0.05) is 27.4 Å². The lowest BCUT2D eigenvalue weighted by Gasteiger charge is -2.09. The van der Waals surface area contributed by atoms with Crippen molar-refractivity contribution in [2.24, 2.45) is 0 Å². The molecule has 0 spiro atoms. The summed E-state index contributed by atoms with van der Waals surface area (Å²) in [5, 5.41) is 3.46. The summed E-state index contributed by atoms with van der Waals surface area (Å²) < 4.78 is 8.21. The first kappa shape index (κ1) is 20.9. The normalized spacial score (nSPS) is 11.7. The molecule has 0 saturated carbocycles. The van der Waals surface area contributed by atoms with E-state index in [1.165, 1.54) is 21.8 Å². The van der Waals surface area contributed by atoms with Gasteiger partial charge >= 0.3 is 0 Å². The molecule has 0 radical (unpaired) electrons. The fraction of sp³-hybridized carbons (Fsp3) is 0. The van der Waals surface area contributed by atoms with Gasteiger partial charge in [-0.2, -0.15) is 0 Å². The van der Waals surface area contributed by atoms with Crippen molar-refractivity contribution in [1.29, 1.82) is 0 Å². The third kappa shape index (κ3) is 3.17. The van der Waals surface area contributed by atoms with Gasteiger partial charge in [-0.05, 0) is 59.7 Å². The molecular formula is C34H21N3O. The van der Waals surface area contributed by atoms with Crippen molar-refractivity contribution >= 4 is 44.0 Å². The molecule has 0 unspecified atom stereocenters. The largest absolute Gasteiger partial charge is 0.436 e. The first-order valence-corrected chi connectivity index (χ1v) is 12.7. The van der Waals surface area contributed by atoms with E-state index in [1.54, 1.807) is 6.20 Å². The molecular weight excluding hydrogens is 466 g/mol. The molecule has 178 valence electrons. The molecule has 3 heterocycles. The van der Waals surface area contributed by atoms with E-state index in [9.17, 15) is 0 Å². The lowest BCUT2D eigenvalue weighted by Crippen LogP contribution is -1.92. The monoisotopic (exact) mass is 487 g/mol. The zero-order chi connectivity index (χ0) is 25.1. The van der Waals surface area contributed by atoms with Gasteiger partial charge in [-0.3, -0.25) is 0 Å². The minimum Gasteiger partial charge on any atom is -0.436 e. The average molecular weight is 488 g/mol. The van der Waals surface area contributed by atoms with Crippen molar-refractivity contribution in [2.45, 2.75) is 0 Å². The quantitative estimate of drug-likeness (QED) is 0.250. The number of furan rings is 1. The first-order chi connectivity index (χ1) is 18.8. The highest BCUT2D eigenvalue weighted by atomic mass is 16.3. The SMILES string of the molecule is c1ccc(-n2c3ccccc3c3cc(-c4cccc(-c5cnc6oc7ccccc7c6n5)c4)ccc32)cc1. The van der Waals surface area contributed by atoms with E-state index in [-0.39, 0.29) is 0 Å². The molecule has 0 aliphatic heterocycles. The summed E-state index contributed by atoms with van der Waals surface area (Å²) in [6, 6.07) is 42.3. The van der Waals surface area contributed by atoms with Gasteiger partial charge in [0.05, 0.1) is 22.9 Å². The van der Waals surface area contributed by atoms with Crippen LogP contribution in [-0.4, -0.2) is 14.5 Å². The highest BCUT2D eigenvalue weighted by Gasteiger charge is 2.14. The molecule has 0 atom stereocenters. The third-order valence-electron chi connectivity index (χ3n) is 7.27. The molecule has 4 nitrogen and oxygen atoms in total. The number of para-hydroxylation sites is 3. The van der Waals surface area contributed by atoms with Crippen LogP contribution in [-0.2, 0) is 0 Å². The minimum absolute atomic E-state index is 0.561. The topological polar surface area (TPSA) is 43.9 Å². The van der Waals surface area contributed by atoms with Gasteiger partial charge in [-0.15, -0.1) is 0 Å². The smallest absolute Gasteiger partial charge is 0.246 e. The second kappa shape index (κ2) is 8.15. The van der Waals surface area contributed by atoms with Crippen LogP contribution in [0.25, 0.3) is 72.1 Å². The van der Waals surface area contributed by atoms with Crippen LogP contribution < -0.4 is 0 Å². The Labute approximate surface area is 218 Å². The number of aromatic nitrogens is 3. The average Bonchev–Trinajstić information content (AvgIpc) is 3.53. The molecule has 0 amide bonds. The molecule has 38 heavy (non-hydrogen) atoms.